The zero-order valence-corrected chi connectivity index (χ0v) is 12.7. The average Bonchev–Trinajstić information content (AvgIpc) is 3.02. The Balaban J connectivity index is 1.89. The third-order valence-electron chi connectivity index (χ3n) is 4.80. The number of ether oxygens (including phenoxy) is 1. The highest BCUT2D eigenvalue weighted by molar-refractivity contribution is 5.54. The lowest BCUT2D eigenvalue weighted by atomic mass is 9.86. The Hall–Kier alpha value is -2.44. The predicted octanol–water partition coefficient (Wildman–Crippen LogP) is 3.34. The summed E-state index contributed by atoms with van der Waals surface area (Å²) in [6.45, 7) is 0.913. The van der Waals surface area contributed by atoms with E-state index in [1.807, 2.05) is 0 Å². The Morgan fingerprint density at radius 2 is 1.79 bits per heavy atom. The zero-order valence-electron chi connectivity index (χ0n) is 12.7. The first-order chi connectivity index (χ1) is 11.4. The highest BCUT2D eigenvalue weighted by atomic mass is 19.4. The van der Waals surface area contributed by atoms with Gasteiger partial charge in [0.2, 0.25) is 6.41 Å². The molecule has 0 saturated carbocycles. The van der Waals surface area contributed by atoms with E-state index in [0.717, 1.165) is 12.5 Å². The second-order valence-electron chi connectivity index (χ2n) is 6.14. The van der Waals surface area contributed by atoms with Crippen LogP contribution in [0.3, 0.4) is 0 Å². The molecule has 1 amide bonds. The lowest BCUT2D eigenvalue weighted by Gasteiger charge is -2.44. The monoisotopic (exact) mass is 336 g/mol. The molecule has 0 aliphatic carbocycles. The average molecular weight is 336 g/mol. The summed E-state index contributed by atoms with van der Waals surface area (Å²) in [7, 11) is 0. The van der Waals surface area contributed by atoms with Crippen molar-refractivity contribution >= 4 is 6.41 Å². The van der Waals surface area contributed by atoms with Gasteiger partial charge in [-0.15, -0.1) is 0 Å². The number of fused-ring (bicyclic) bond motifs is 4. The fraction of sp³-hybridized carbons (Fsp3) is 0.353. The second-order valence-corrected chi connectivity index (χ2v) is 6.14. The van der Waals surface area contributed by atoms with E-state index in [2.05, 4.69) is 0 Å². The van der Waals surface area contributed by atoms with Gasteiger partial charge in [0.05, 0.1) is 11.4 Å². The van der Waals surface area contributed by atoms with Crippen LogP contribution in [0.5, 0.6) is 5.75 Å². The quantitative estimate of drug-likeness (QED) is 0.749. The summed E-state index contributed by atoms with van der Waals surface area (Å²) >= 11 is 0. The first kappa shape index (κ1) is 15.1. The number of piperidine rings is 1. The largest absolute Gasteiger partial charge is 0.479 e. The van der Waals surface area contributed by atoms with Gasteiger partial charge in [0.15, 0.2) is 5.60 Å². The third kappa shape index (κ3) is 2.11. The van der Waals surface area contributed by atoms with E-state index in [9.17, 15) is 18.0 Å². The molecule has 7 heteroatoms. The number of nitrogens with zero attached hydrogens (tertiary/aromatic N) is 2. The van der Waals surface area contributed by atoms with Crippen molar-refractivity contribution in [3.05, 3.63) is 47.8 Å². The van der Waals surface area contributed by atoms with Gasteiger partial charge in [0.25, 0.3) is 0 Å². The molecule has 1 aromatic heterocycles. The molecule has 0 bridgehead atoms. The molecular formula is C17H15F3N2O2. The van der Waals surface area contributed by atoms with Gasteiger partial charge in [-0.3, -0.25) is 4.79 Å². The van der Waals surface area contributed by atoms with Gasteiger partial charge in [-0.05, 0) is 24.3 Å². The molecule has 24 heavy (non-hydrogen) atoms. The molecule has 4 rings (SSSR count). The van der Waals surface area contributed by atoms with E-state index in [0.29, 0.717) is 43.1 Å². The number of para-hydroxylation sites is 2. The first-order valence-corrected chi connectivity index (χ1v) is 7.72. The Labute approximate surface area is 136 Å². The van der Waals surface area contributed by atoms with Crippen molar-refractivity contribution in [1.29, 1.82) is 0 Å². The van der Waals surface area contributed by atoms with Gasteiger partial charge < -0.3 is 14.2 Å². The summed E-state index contributed by atoms with van der Waals surface area (Å²) in [5.41, 5.74) is -0.644. The number of alkyl halides is 3. The summed E-state index contributed by atoms with van der Waals surface area (Å²) in [4.78, 5) is 12.6. The molecule has 1 saturated heterocycles. The molecule has 3 heterocycles. The van der Waals surface area contributed by atoms with E-state index in [1.54, 1.807) is 29.2 Å². The van der Waals surface area contributed by atoms with E-state index in [4.69, 9.17) is 4.74 Å². The molecular weight excluding hydrogens is 321 g/mol. The maximum atomic E-state index is 13.5. The van der Waals surface area contributed by atoms with E-state index in [1.165, 1.54) is 10.6 Å². The van der Waals surface area contributed by atoms with Crippen LogP contribution in [0.2, 0.25) is 0 Å². The Morgan fingerprint density at radius 1 is 1.08 bits per heavy atom. The van der Waals surface area contributed by atoms with Crippen LogP contribution in [0.25, 0.3) is 5.69 Å². The van der Waals surface area contributed by atoms with Crippen molar-refractivity contribution in [1.82, 2.24) is 9.47 Å². The number of amides is 1. The van der Waals surface area contributed by atoms with Crippen LogP contribution in [0, 0.1) is 0 Å². The summed E-state index contributed by atoms with van der Waals surface area (Å²) in [5, 5.41) is 0. The van der Waals surface area contributed by atoms with Crippen molar-refractivity contribution in [2.45, 2.75) is 24.6 Å². The third-order valence-corrected chi connectivity index (χ3v) is 4.80. The number of hydrogen-bond acceptors (Lipinski definition) is 2. The molecule has 0 atom stereocenters. The molecule has 2 aromatic rings. The number of likely N-dealkylation sites (tertiary alicyclic amines) is 1. The summed E-state index contributed by atoms with van der Waals surface area (Å²) in [6.07, 6.45) is -2.76. The van der Waals surface area contributed by atoms with Crippen molar-refractivity contribution in [2.24, 2.45) is 0 Å². The molecule has 2 aliphatic rings. The smallest absolute Gasteiger partial charge is 0.431 e. The van der Waals surface area contributed by atoms with Crippen LogP contribution in [0.4, 0.5) is 13.2 Å². The van der Waals surface area contributed by atoms with E-state index in [-0.39, 0.29) is 0 Å². The molecule has 1 aromatic carbocycles. The molecule has 1 spiro atoms. The number of benzene rings is 1. The molecule has 0 radical (unpaired) electrons. The van der Waals surface area contributed by atoms with Gasteiger partial charge >= 0.3 is 6.18 Å². The summed E-state index contributed by atoms with van der Waals surface area (Å²) < 4.78 is 47.8. The summed E-state index contributed by atoms with van der Waals surface area (Å²) in [5.74, 6) is 0.436. The van der Waals surface area contributed by atoms with Gasteiger partial charge in [-0.1, -0.05) is 12.1 Å². The number of halogens is 3. The minimum Gasteiger partial charge on any atom is -0.479 e. The molecule has 2 aliphatic heterocycles. The maximum absolute atomic E-state index is 13.5. The van der Waals surface area contributed by atoms with Crippen molar-refractivity contribution in [2.75, 3.05) is 13.1 Å². The zero-order chi connectivity index (χ0) is 16.9. The minimum absolute atomic E-state index is 0.397. The molecule has 126 valence electrons. The van der Waals surface area contributed by atoms with Crippen LogP contribution in [-0.4, -0.2) is 29.0 Å². The second kappa shape index (κ2) is 5.03. The van der Waals surface area contributed by atoms with Crippen LogP contribution < -0.4 is 4.74 Å². The number of hydrogen-bond donors (Lipinski definition) is 0. The molecule has 0 N–H and O–H groups in total. The first-order valence-electron chi connectivity index (χ1n) is 7.72. The Kier molecular flexibility index (Phi) is 3.16. The topological polar surface area (TPSA) is 34.5 Å². The Morgan fingerprint density at radius 3 is 2.46 bits per heavy atom. The highest BCUT2D eigenvalue weighted by Crippen LogP contribution is 2.47. The lowest BCUT2D eigenvalue weighted by Crippen LogP contribution is -2.48. The van der Waals surface area contributed by atoms with Gasteiger partial charge in [-0.2, -0.15) is 13.2 Å². The number of rotatable bonds is 1. The standard InChI is InChI=1S/C17H15F3N2O2/c18-17(19,20)15-6-5-14-16(7-9-21(11-23)10-8-16)24-13-4-2-1-3-12(13)22(14)15/h1-6,11H,7-10H2. The minimum atomic E-state index is -4.45. The summed E-state index contributed by atoms with van der Waals surface area (Å²) in [6, 6.07) is 9.35. The van der Waals surface area contributed by atoms with Crippen molar-refractivity contribution in [3.63, 3.8) is 0 Å². The Bertz CT molecular complexity index is 789. The number of aromatic nitrogens is 1. The van der Waals surface area contributed by atoms with E-state index < -0.39 is 17.5 Å². The van der Waals surface area contributed by atoms with Crippen LogP contribution in [0.15, 0.2) is 36.4 Å². The maximum Gasteiger partial charge on any atom is 0.431 e. The predicted molar refractivity (Wildman–Crippen MR) is 79.9 cm³/mol. The molecule has 1 fully saturated rings. The highest BCUT2D eigenvalue weighted by Gasteiger charge is 2.47. The SMILES string of the molecule is O=CN1CCC2(CC1)Oc1ccccc1-n1c(C(F)(F)F)ccc12. The fourth-order valence-corrected chi connectivity index (χ4v) is 3.61. The van der Waals surface area contributed by atoms with E-state index >= 15 is 0 Å². The van der Waals surface area contributed by atoms with Crippen molar-refractivity contribution in [3.8, 4) is 11.4 Å². The van der Waals surface area contributed by atoms with Crippen LogP contribution in [-0.2, 0) is 16.6 Å². The molecule has 4 nitrogen and oxygen atoms in total. The fourth-order valence-electron chi connectivity index (χ4n) is 3.61. The van der Waals surface area contributed by atoms with Crippen LogP contribution >= 0.6 is 0 Å². The van der Waals surface area contributed by atoms with Gasteiger partial charge in [0.1, 0.15) is 11.4 Å². The normalized spacial score (nSPS) is 18.7. The lowest BCUT2D eigenvalue weighted by molar-refractivity contribution is -0.143. The molecule has 0 unspecified atom stereocenters. The van der Waals surface area contributed by atoms with Gasteiger partial charge in [-0.25, -0.2) is 0 Å². The number of carbonyl (C=O) groups excluding carboxylic acids is 1. The number of carbonyl (C=O) groups is 1. The van der Waals surface area contributed by atoms with Crippen LogP contribution in [0.1, 0.15) is 24.2 Å². The van der Waals surface area contributed by atoms with Crippen molar-refractivity contribution < 1.29 is 22.7 Å². The van der Waals surface area contributed by atoms with Gasteiger partial charge in [0, 0.05) is 25.9 Å².